The summed E-state index contributed by atoms with van der Waals surface area (Å²) in [6.45, 7) is 0.885. The molecule has 0 amide bonds. The van der Waals surface area contributed by atoms with Gasteiger partial charge in [-0.2, -0.15) is 0 Å². The van der Waals surface area contributed by atoms with Crippen molar-refractivity contribution in [1.29, 1.82) is 0 Å². The fourth-order valence-electron chi connectivity index (χ4n) is 1.88. The number of carboxylic acids is 2. The monoisotopic (exact) mass is 231 g/mol. The molecule has 5 heteroatoms. The Morgan fingerprint density at radius 2 is 1.56 bits per heavy atom. The minimum Gasteiger partial charge on any atom is -0.473 e. The van der Waals surface area contributed by atoms with Gasteiger partial charge in [0, 0.05) is 0 Å². The number of aliphatic carboxylic acids is 2. The van der Waals surface area contributed by atoms with Crippen LogP contribution >= 0.6 is 0 Å². The highest BCUT2D eigenvalue weighted by Crippen LogP contribution is 2.26. The van der Waals surface area contributed by atoms with E-state index in [9.17, 15) is 0 Å². The topological polar surface area (TPSA) is 101 Å². The minimum atomic E-state index is -1.82. The van der Waals surface area contributed by atoms with E-state index in [0.717, 1.165) is 12.5 Å². The number of carbonyl (C=O) groups is 2. The minimum absolute atomic E-state index is 0.885. The molecule has 0 aliphatic heterocycles. The summed E-state index contributed by atoms with van der Waals surface area (Å²) in [4.78, 5) is 18.2. The molecule has 94 valence electrons. The van der Waals surface area contributed by atoms with Crippen LogP contribution in [0.1, 0.15) is 44.9 Å². The van der Waals surface area contributed by atoms with E-state index in [2.05, 4.69) is 0 Å². The summed E-state index contributed by atoms with van der Waals surface area (Å²) in [6, 6.07) is 0. The average Bonchev–Trinajstić information content (AvgIpc) is 2.28. The Balaban J connectivity index is 0.000000325. The normalized spacial score (nSPS) is 16.1. The predicted octanol–water partition coefficient (Wildman–Crippen LogP) is 1.46. The zero-order valence-corrected chi connectivity index (χ0v) is 9.52. The highest BCUT2D eigenvalue weighted by atomic mass is 16.4. The van der Waals surface area contributed by atoms with E-state index >= 15 is 0 Å². The number of hydrogen-bond acceptors (Lipinski definition) is 3. The van der Waals surface area contributed by atoms with Gasteiger partial charge in [-0.25, -0.2) is 9.59 Å². The van der Waals surface area contributed by atoms with Crippen LogP contribution in [0.2, 0.25) is 0 Å². The molecule has 0 atom stereocenters. The van der Waals surface area contributed by atoms with E-state index in [0.29, 0.717) is 0 Å². The first-order valence-electron chi connectivity index (χ1n) is 5.74. The predicted molar refractivity (Wildman–Crippen MR) is 60.1 cm³/mol. The molecule has 1 aliphatic rings. The van der Waals surface area contributed by atoms with Crippen LogP contribution in [0.3, 0.4) is 0 Å². The first-order valence-corrected chi connectivity index (χ1v) is 5.74. The van der Waals surface area contributed by atoms with Crippen LogP contribution in [-0.2, 0) is 9.59 Å². The molecule has 5 nitrogen and oxygen atoms in total. The molecule has 1 aliphatic carbocycles. The maximum atomic E-state index is 9.10. The van der Waals surface area contributed by atoms with E-state index in [1.54, 1.807) is 0 Å². The Morgan fingerprint density at radius 3 is 1.94 bits per heavy atom. The van der Waals surface area contributed by atoms with Crippen LogP contribution in [0, 0.1) is 5.92 Å². The zero-order chi connectivity index (χ0) is 12.4. The van der Waals surface area contributed by atoms with Crippen molar-refractivity contribution in [1.82, 2.24) is 0 Å². The fourth-order valence-corrected chi connectivity index (χ4v) is 1.88. The quantitative estimate of drug-likeness (QED) is 0.638. The standard InChI is InChI=1S/C9H19N.C2H2O4/c10-8-4-7-9-5-2-1-3-6-9;3-1(4)2(5)6/h9H,1-8,10H2;(H,3,4)(H,5,6). The molecular formula is C11H21NO4. The Kier molecular flexibility index (Phi) is 8.52. The van der Waals surface area contributed by atoms with Gasteiger partial charge in [0.05, 0.1) is 0 Å². The lowest BCUT2D eigenvalue weighted by atomic mass is 9.86. The molecular weight excluding hydrogens is 210 g/mol. The van der Waals surface area contributed by atoms with Gasteiger partial charge in [0.15, 0.2) is 0 Å². The molecule has 0 radical (unpaired) electrons. The molecule has 0 aromatic carbocycles. The molecule has 0 aromatic rings. The van der Waals surface area contributed by atoms with Crippen LogP contribution in [0.4, 0.5) is 0 Å². The summed E-state index contributed by atoms with van der Waals surface area (Å²) in [7, 11) is 0. The summed E-state index contributed by atoms with van der Waals surface area (Å²) < 4.78 is 0. The van der Waals surface area contributed by atoms with Crippen molar-refractivity contribution in [2.45, 2.75) is 44.9 Å². The lowest BCUT2D eigenvalue weighted by molar-refractivity contribution is -0.159. The average molecular weight is 231 g/mol. The second-order valence-corrected chi connectivity index (χ2v) is 4.05. The number of rotatable bonds is 3. The van der Waals surface area contributed by atoms with E-state index in [4.69, 9.17) is 25.5 Å². The van der Waals surface area contributed by atoms with Crippen molar-refractivity contribution in [2.24, 2.45) is 11.7 Å². The van der Waals surface area contributed by atoms with Crippen molar-refractivity contribution >= 4 is 11.9 Å². The summed E-state index contributed by atoms with van der Waals surface area (Å²) in [5.41, 5.74) is 5.45. The molecule has 1 rings (SSSR count). The van der Waals surface area contributed by atoms with Crippen molar-refractivity contribution in [3.63, 3.8) is 0 Å². The first kappa shape index (κ1) is 14.9. The molecule has 0 spiro atoms. The van der Waals surface area contributed by atoms with Gasteiger partial charge in [0.1, 0.15) is 0 Å². The highest BCUT2D eigenvalue weighted by Gasteiger charge is 2.11. The van der Waals surface area contributed by atoms with Gasteiger partial charge in [-0.15, -0.1) is 0 Å². The summed E-state index contributed by atoms with van der Waals surface area (Å²) in [5.74, 6) is -2.62. The maximum absolute atomic E-state index is 9.10. The van der Waals surface area contributed by atoms with Crippen LogP contribution in [0.15, 0.2) is 0 Å². The summed E-state index contributed by atoms with van der Waals surface area (Å²) >= 11 is 0. The van der Waals surface area contributed by atoms with E-state index in [1.807, 2.05) is 0 Å². The van der Waals surface area contributed by atoms with Crippen LogP contribution in [0.25, 0.3) is 0 Å². The number of carboxylic acid groups (broad SMARTS) is 2. The van der Waals surface area contributed by atoms with Crippen LogP contribution in [-0.4, -0.2) is 28.7 Å². The largest absolute Gasteiger partial charge is 0.473 e. The van der Waals surface area contributed by atoms with Gasteiger partial charge in [-0.1, -0.05) is 32.1 Å². The first-order chi connectivity index (χ1) is 7.57. The van der Waals surface area contributed by atoms with E-state index in [-0.39, 0.29) is 0 Å². The molecule has 4 N–H and O–H groups in total. The highest BCUT2D eigenvalue weighted by molar-refractivity contribution is 6.27. The Labute approximate surface area is 95.6 Å². The third kappa shape index (κ3) is 8.23. The van der Waals surface area contributed by atoms with Crippen LogP contribution in [0.5, 0.6) is 0 Å². The molecule has 0 unspecified atom stereocenters. The fraction of sp³-hybridized carbons (Fsp3) is 0.818. The Hall–Kier alpha value is -1.10. The zero-order valence-electron chi connectivity index (χ0n) is 9.52. The second kappa shape index (κ2) is 9.15. The smallest absolute Gasteiger partial charge is 0.414 e. The molecule has 1 saturated carbocycles. The second-order valence-electron chi connectivity index (χ2n) is 4.05. The Bertz CT molecular complexity index is 200. The van der Waals surface area contributed by atoms with Gasteiger partial charge < -0.3 is 15.9 Å². The van der Waals surface area contributed by atoms with Crippen molar-refractivity contribution in [3.8, 4) is 0 Å². The summed E-state index contributed by atoms with van der Waals surface area (Å²) in [5, 5.41) is 14.8. The molecule has 16 heavy (non-hydrogen) atoms. The lowest BCUT2D eigenvalue weighted by Crippen LogP contribution is -2.09. The molecule has 0 heterocycles. The van der Waals surface area contributed by atoms with E-state index in [1.165, 1.54) is 44.9 Å². The van der Waals surface area contributed by atoms with Gasteiger partial charge in [0.25, 0.3) is 0 Å². The molecule has 0 bridgehead atoms. The Morgan fingerprint density at radius 1 is 1.06 bits per heavy atom. The molecule has 1 fully saturated rings. The van der Waals surface area contributed by atoms with Crippen molar-refractivity contribution < 1.29 is 19.8 Å². The summed E-state index contributed by atoms with van der Waals surface area (Å²) in [6.07, 6.45) is 9.98. The van der Waals surface area contributed by atoms with Crippen LogP contribution < -0.4 is 5.73 Å². The number of nitrogens with two attached hydrogens (primary N) is 1. The molecule has 0 saturated heterocycles. The third-order valence-electron chi connectivity index (χ3n) is 2.72. The SMILES string of the molecule is NCCCC1CCCCC1.O=C(O)C(=O)O. The van der Waals surface area contributed by atoms with E-state index < -0.39 is 11.9 Å². The molecule has 0 aromatic heterocycles. The van der Waals surface area contributed by atoms with Gasteiger partial charge in [0.2, 0.25) is 0 Å². The lowest BCUT2D eigenvalue weighted by Gasteiger charge is -2.20. The van der Waals surface area contributed by atoms with Gasteiger partial charge in [-0.3, -0.25) is 0 Å². The third-order valence-corrected chi connectivity index (χ3v) is 2.72. The van der Waals surface area contributed by atoms with Crippen molar-refractivity contribution in [3.05, 3.63) is 0 Å². The van der Waals surface area contributed by atoms with Gasteiger partial charge >= 0.3 is 11.9 Å². The number of hydrogen-bond donors (Lipinski definition) is 3. The van der Waals surface area contributed by atoms with Crippen molar-refractivity contribution in [2.75, 3.05) is 6.54 Å². The van der Waals surface area contributed by atoms with Gasteiger partial charge in [-0.05, 0) is 25.3 Å². The maximum Gasteiger partial charge on any atom is 0.414 e.